The first-order valence-corrected chi connectivity index (χ1v) is 10.6. The minimum atomic E-state index is 0.113. The van der Waals surface area contributed by atoms with E-state index in [2.05, 4.69) is 35.3 Å². The van der Waals surface area contributed by atoms with Crippen LogP contribution in [0.2, 0.25) is 0 Å². The van der Waals surface area contributed by atoms with Gasteiger partial charge in [-0.05, 0) is 61.6 Å². The third-order valence-corrected chi connectivity index (χ3v) is 6.85. The molecular weight excluding hydrogens is 338 g/mol. The molecule has 27 heavy (non-hydrogen) atoms. The molecule has 5 heteroatoms. The van der Waals surface area contributed by atoms with E-state index in [4.69, 9.17) is 10.5 Å². The van der Waals surface area contributed by atoms with Crippen molar-refractivity contribution in [3.63, 3.8) is 0 Å². The molecule has 1 amide bonds. The van der Waals surface area contributed by atoms with Crippen molar-refractivity contribution in [1.82, 2.24) is 4.90 Å². The van der Waals surface area contributed by atoms with Gasteiger partial charge in [0.2, 0.25) is 5.91 Å². The standard InChI is InChI=1S/C22H33N3O2/c1-15-5-6-16(14-25-7-9-27-10-8-25)11-20(15)24-22(26)19-12-17-3-2-4-18(13-19)21(17)23/h5-6,11,17-19,21H,2-4,7-10,12-14,23H2,1H3,(H,24,26). The Bertz CT molecular complexity index is 658. The van der Waals surface area contributed by atoms with Gasteiger partial charge in [-0.2, -0.15) is 0 Å². The van der Waals surface area contributed by atoms with E-state index < -0.39 is 0 Å². The van der Waals surface area contributed by atoms with Gasteiger partial charge in [0.1, 0.15) is 0 Å². The van der Waals surface area contributed by atoms with Crippen molar-refractivity contribution >= 4 is 11.6 Å². The van der Waals surface area contributed by atoms with Gasteiger partial charge in [-0.15, -0.1) is 0 Å². The lowest BCUT2D eigenvalue weighted by Crippen LogP contribution is -2.48. The molecule has 2 atom stereocenters. The Labute approximate surface area is 162 Å². The predicted molar refractivity (Wildman–Crippen MR) is 107 cm³/mol. The number of aryl methyl sites for hydroxylation is 1. The Kier molecular flexibility index (Phi) is 5.81. The molecule has 1 aromatic rings. The molecule has 4 rings (SSSR count). The number of rotatable bonds is 4. The molecule has 1 aromatic carbocycles. The van der Waals surface area contributed by atoms with E-state index in [1.807, 2.05) is 0 Å². The highest BCUT2D eigenvalue weighted by molar-refractivity contribution is 5.93. The topological polar surface area (TPSA) is 67.6 Å². The minimum absolute atomic E-state index is 0.113. The summed E-state index contributed by atoms with van der Waals surface area (Å²) >= 11 is 0. The molecule has 2 aliphatic carbocycles. The summed E-state index contributed by atoms with van der Waals surface area (Å²) in [5.74, 6) is 1.36. The Hall–Kier alpha value is -1.43. The summed E-state index contributed by atoms with van der Waals surface area (Å²) in [5.41, 5.74) is 9.73. The molecule has 1 heterocycles. The maximum absolute atomic E-state index is 13.0. The average Bonchev–Trinajstić information content (AvgIpc) is 2.65. The highest BCUT2D eigenvalue weighted by atomic mass is 16.5. The van der Waals surface area contributed by atoms with Gasteiger partial charge in [0.25, 0.3) is 0 Å². The Morgan fingerprint density at radius 3 is 2.63 bits per heavy atom. The summed E-state index contributed by atoms with van der Waals surface area (Å²) in [6.45, 7) is 6.54. The largest absolute Gasteiger partial charge is 0.379 e. The van der Waals surface area contributed by atoms with E-state index in [-0.39, 0.29) is 11.8 Å². The maximum Gasteiger partial charge on any atom is 0.227 e. The highest BCUT2D eigenvalue weighted by Gasteiger charge is 2.40. The van der Waals surface area contributed by atoms with Crippen LogP contribution < -0.4 is 11.1 Å². The summed E-state index contributed by atoms with van der Waals surface area (Å²) in [7, 11) is 0. The minimum Gasteiger partial charge on any atom is -0.379 e. The van der Waals surface area contributed by atoms with Crippen molar-refractivity contribution in [2.75, 3.05) is 31.6 Å². The fraction of sp³-hybridized carbons (Fsp3) is 0.682. The van der Waals surface area contributed by atoms with Crippen molar-refractivity contribution in [2.45, 2.75) is 51.6 Å². The number of amides is 1. The van der Waals surface area contributed by atoms with E-state index >= 15 is 0 Å². The second-order valence-electron chi connectivity index (χ2n) is 8.72. The van der Waals surface area contributed by atoms with Crippen molar-refractivity contribution in [1.29, 1.82) is 0 Å². The quantitative estimate of drug-likeness (QED) is 0.854. The van der Waals surface area contributed by atoms with E-state index in [1.165, 1.54) is 24.8 Å². The highest BCUT2D eigenvalue weighted by Crippen LogP contribution is 2.42. The van der Waals surface area contributed by atoms with Gasteiger partial charge in [-0.1, -0.05) is 18.6 Å². The Balaban J connectivity index is 1.40. The molecule has 0 radical (unpaired) electrons. The molecule has 148 valence electrons. The van der Waals surface area contributed by atoms with Crippen molar-refractivity contribution in [2.24, 2.45) is 23.5 Å². The summed E-state index contributed by atoms with van der Waals surface area (Å²) in [4.78, 5) is 15.4. The van der Waals surface area contributed by atoms with Gasteiger partial charge in [0, 0.05) is 37.3 Å². The van der Waals surface area contributed by atoms with Crippen molar-refractivity contribution < 1.29 is 9.53 Å². The second kappa shape index (κ2) is 8.29. The van der Waals surface area contributed by atoms with Crippen LogP contribution in [0.25, 0.3) is 0 Å². The Morgan fingerprint density at radius 1 is 1.22 bits per heavy atom. The van der Waals surface area contributed by atoms with Crippen molar-refractivity contribution in [3.05, 3.63) is 29.3 Å². The van der Waals surface area contributed by atoms with Crippen LogP contribution in [-0.4, -0.2) is 43.2 Å². The van der Waals surface area contributed by atoms with Crippen LogP contribution in [0.1, 0.15) is 43.2 Å². The molecular formula is C22H33N3O2. The van der Waals surface area contributed by atoms with E-state index in [0.29, 0.717) is 17.9 Å². The molecule has 1 aliphatic heterocycles. The number of fused-ring (bicyclic) bond motifs is 2. The van der Waals surface area contributed by atoms with Gasteiger partial charge >= 0.3 is 0 Å². The van der Waals surface area contributed by atoms with Crippen LogP contribution >= 0.6 is 0 Å². The van der Waals surface area contributed by atoms with Gasteiger partial charge < -0.3 is 15.8 Å². The number of carbonyl (C=O) groups is 1. The zero-order valence-corrected chi connectivity index (χ0v) is 16.5. The smallest absolute Gasteiger partial charge is 0.227 e. The summed E-state index contributed by atoms with van der Waals surface area (Å²) in [6.07, 6.45) is 5.57. The molecule has 5 nitrogen and oxygen atoms in total. The zero-order valence-electron chi connectivity index (χ0n) is 16.5. The number of carbonyl (C=O) groups excluding carboxylic acids is 1. The van der Waals surface area contributed by atoms with Crippen LogP contribution in [0, 0.1) is 24.7 Å². The number of nitrogens with zero attached hydrogens (tertiary/aromatic N) is 1. The van der Waals surface area contributed by atoms with Gasteiger partial charge in [-0.3, -0.25) is 9.69 Å². The van der Waals surface area contributed by atoms with Crippen LogP contribution in [0.3, 0.4) is 0 Å². The monoisotopic (exact) mass is 371 g/mol. The molecule has 3 fully saturated rings. The Morgan fingerprint density at radius 2 is 1.93 bits per heavy atom. The van der Waals surface area contributed by atoms with Crippen LogP contribution in [0.4, 0.5) is 5.69 Å². The van der Waals surface area contributed by atoms with E-state index in [0.717, 1.165) is 56.9 Å². The van der Waals surface area contributed by atoms with Crippen molar-refractivity contribution in [3.8, 4) is 0 Å². The molecule has 1 saturated heterocycles. The molecule has 2 unspecified atom stereocenters. The number of hydrogen-bond donors (Lipinski definition) is 2. The number of nitrogens with one attached hydrogen (secondary N) is 1. The summed E-state index contributed by atoms with van der Waals surface area (Å²) < 4.78 is 5.43. The normalized spacial score (nSPS) is 31.5. The fourth-order valence-corrected chi connectivity index (χ4v) is 5.16. The number of benzene rings is 1. The third-order valence-electron chi connectivity index (χ3n) is 6.85. The molecule has 2 bridgehead atoms. The number of nitrogens with two attached hydrogens (primary N) is 1. The van der Waals surface area contributed by atoms with Crippen LogP contribution in [-0.2, 0) is 16.1 Å². The lowest BCUT2D eigenvalue weighted by atomic mass is 9.65. The lowest BCUT2D eigenvalue weighted by molar-refractivity contribution is -0.122. The maximum atomic E-state index is 13.0. The summed E-state index contributed by atoms with van der Waals surface area (Å²) in [5, 5.41) is 3.24. The fourth-order valence-electron chi connectivity index (χ4n) is 5.16. The third kappa shape index (κ3) is 4.36. The van der Waals surface area contributed by atoms with Crippen LogP contribution in [0.15, 0.2) is 18.2 Å². The number of anilines is 1. The predicted octanol–water partition coefficient (Wildman–Crippen LogP) is 2.92. The molecule has 0 aromatic heterocycles. The molecule has 0 spiro atoms. The lowest BCUT2D eigenvalue weighted by Gasteiger charge is -2.43. The second-order valence-corrected chi connectivity index (χ2v) is 8.72. The first-order valence-electron chi connectivity index (χ1n) is 10.6. The van der Waals surface area contributed by atoms with Gasteiger partial charge in [0.05, 0.1) is 13.2 Å². The first-order chi connectivity index (χ1) is 13.1. The molecule has 3 aliphatic rings. The number of hydrogen-bond acceptors (Lipinski definition) is 4. The number of morpholine rings is 1. The van der Waals surface area contributed by atoms with E-state index in [1.54, 1.807) is 0 Å². The van der Waals surface area contributed by atoms with Gasteiger partial charge in [-0.25, -0.2) is 0 Å². The zero-order chi connectivity index (χ0) is 18.8. The summed E-state index contributed by atoms with van der Waals surface area (Å²) in [6, 6.07) is 6.75. The van der Waals surface area contributed by atoms with Gasteiger partial charge in [0.15, 0.2) is 0 Å². The van der Waals surface area contributed by atoms with Crippen LogP contribution in [0.5, 0.6) is 0 Å². The average molecular weight is 372 g/mol. The molecule has 2 saturated carbocycles. The molecule has 3 N–H and O–H groups in total. The SMILES string of the molecule is Cc1ccc(CN2CCOCC2)cc1NC(=O)C1CC2CCCC(C1)C2N. The number of ether oxygens (including phenoxy) is 1. The first kappa shape index (κ1) is 18.9. The van der Waals surface area contributed by atoms with E-state index in [9.17, 15) is 4.79 Å².